The van der Waals surface area contributed by atoms with E-state index in [1.807, 2.05) is 54.7 Å². The number of nitrogens with zero attached hydrogens (tertiary/aromatic N) is 1. The molecule has 0 radical (unpaired) electrons. The van der Waals surface area contributed by atoms with Crippen LogP contribution in [-0.4, -0.2) is 17.4 Å². The highest BCUT2D eigenvalue weighted by Crippen LogP contribution is 2.28. The summed E-state index contributed by atoms with van der Waals surface area (Å²) in [7, 11) is 0. The Hall–Kier alpha value is -2.65. The van der Waals surface area contributed by atoms with Gasteiger partial charge in [-0.05, 0) is 23.6 Å². The Morgan fingerprint density at radius 2 is 1.78 bits per heavy atom. The van der Waals surface area contributed by atoms with Gasteiger partial charge in [0.15, 0.2) is 5.78 Å². The molecule has 3 aromatic rings. The normalized spacial score (nSPS) is 15.0. The predicted molar refractivity (Wildman–Crippen MR) is 93.2 cm³/mol. The second-order valence-corrected chi connectivity index (χ2v) is 5.23. The first-order chi connectivity index (χ1) is 10.8. The molecule has 1 aliphatic rings. The highest BCUT2D eigenvalue weighted by atomic mass is 35.5. The van der Waals surface area contributed by atoms with E-state index < -0.39 is 0 Å². The number of Topliss-reactive ketones (excluding diaryl/α,β-unsaturated/α-hetero) is 1. The lowest BCUT2D eigenvalue weighted by Gasteiger charge is -2.18. The summed E-state index contributed by atoms with van der Waals surface area (Å²) >= 11 is 0. The summed E-state index contributed by atoms with van der Waals surface area (Å²) in [5.74, 6) is 0.676. The Labute approximate surface area is 140 Å². The highest BCUT2D eigenvalue weighted by molar-refractivity contribution is 6.14. The zero-order valence-corrected chi connectivity index (χ0v) is 13.0. The number of aromatic nitrogens is 1. The van der Waals surface area contributed by atoms with Crippen molar-refractivity contribution in [2.24, 2.45) is 0 Å². The second-order valence-electron chi connectivity index (χ2n) is 5.23. The number of ether oxygens (including phenoxy) is 1. The standard InChI is InChI=1S/C19H13NO2.ClH/c21-19-15(12-22-18-8-4-3-7-17(18)19)9-14-11-20-10-13-5-1-2-6-16(13)14;/h1-11H,12H2;1H/b15-9-;. The summed E-state index contributed by atoms with van der Waals surface area (Å²) in [4.78, 5) is 16.8. The Kier molecular flexibility index (Phi) is 4.13. The molecule has 1 aliphatic heterocycles. The van der Waals surface area contributed by atoms with Gasteiger partial charge in [-0.3, -0.25) is 9.78 Å². The van der Waals surface area contributed by atoms with Crippen molar-refractivity contribution in [2.75, 3.05) is 6.61 Å². The summed E-state index contributed by atoms with van der Waals surface area (Å²) < 4.78 is 5.68. The van der Waals surface area contributed by atoms with Crippen LogP contribution in [0.25, 0.3) is 16.8 Å². The van der Waals surface area contributed by atoms with Crippen molar-refractivity contribution >= 4 is 35.0 Å². The second kappa shape index (κ2) is 6.23. The summed E-state index contributed by atoms with van der Waals surface area (Å²) in [5.41, 5.74) is 2.20. The maximum Gasteiger partial charge on any atom is 0.196 e. The summed E-state index contributed by atoms with van der Waals surface area (Å²) in [6.07, 6.45) is 5.49. The fraction of sp³-hybridized carbons (Fsp3) is 0.0526. The molecule has 0 fully saturated rings. The van der Waals surface area contributed by atoms with Crippen LogP contribution in [0.15, 0.2) is 66.5 Å². The van der Waals surface area contributed by atoms with Crippen molar-refractivity contribution in [2.45, 2.75) is 0 Å². The van der Waals surface area contributed by atoms with Crippen LogP contribution in [0.4, 0.5) is 0 Å². The topological polar surface area (TPSA) is 39.2 Å². The Morgan fingerprint density at radius 3 is 2.70 bits per heavy atom. The molecule has 0 unspecified atom stereocenters. The third kappa shape index (κ3) is 2.71. The van der Waals surface area contributed by atoms with Gasteiger partial charge in [0.05, 0.1) is 5.56 Å². The number of ketones is 1. The van der Waals surface area contributed by atoms with Crippen molar-refractivity contribution in [3.63, 3.8) is 0 Å². The number of halogens is 1. The van der Waals surface area contributed by atoms with E-state index in [0.29, 0.717) is 23.5 Å². The van der Waals surface area contributed by atoms with Gasteiger partial charge in [-0.15, -0.1) is 12.4 Å². The summed E-state index contributed by atoms with van der Waals surface area (Å²) in [6.45, 7) is 0.291. The molecule has 4 rings (SSSR count). The molecule has 0 atom stereocenters. The van der Waals surface area contributed by atoms with E-state index in [1.54, 1.807) is 12.3 Å². The smallest absolute Gasteiger partial charge is 0.196 e. The Balaban J connectivity index is 0.00000156. The lowest BCUT2D eigenvalue weighted by Crippen LogP contribution is -2.18. The predicted octanol–water partition coefficient (Wildman–Crippen LogP) is 4.32. The van der Waals surface area contributed by atoms with Crippen molar-refractivity contribution < 1.29 is 9.53 Å². The molecule has 23 heavy (non-hydrogen) atoms. The van der Waals surface area contributed by atoms with E-state index in [1.165, 1.54) is 0 Å². The first-order valence-corrected chi connectivity index (χ1v) is 7.13. The Morgan fingerprint density at radius 1 is 1.00 bits per heavy atom. The fourth-order valence-electron chi connectivity index (χ4n) is 2.72. The van der Waals surface area contributed by atoms with Gasteiger partial charge >= 0.3 is 0 Å². The van der Waals surface area contributed by atoms with Gasteiger partial charge in [0.2, 0.25) is 0 Å². The number of para-hydroxylation sites is 1. The molecular weight excluding hydrogens is 310 g/mol. The number of carbonyl (C=O) groups is 1. The van der Waals surface area contributed by atoms with Gasteiger partial charge in [-0.2, -0.15) is 0 Å². The number of carbonyl (C=O) groups excluding carboxylic acids is 1. The van der Waals surface area contributed by atoms with Gasteiger partial charge in [-0.25, -0.2) is 0 Å². The number of benzene rings is 2. The minimum Gasteiger partial charge on any atom is -0.488 e. The number of rotatable bonds is 1. The van der Waals surface area contributed by atoms with Gasteiger partial charge < -0.3 is 4.74 Å². The van der Waals surface area contributed by atoms with Crippen LogP contribution in [0.5, 0.6) is 5.75 Å². The maximum atomic E-state index is 12.6. The van der Waals surface area contributed by atoms with E-state index in [2.05, 4.69) is 4.98 Å². The first kappa shape index (κ1) is 15.3. The molecule has 4 heteroatoms. The van der Waals surface area contributed by atoms with Gasteiger partial charge in [0.1, 0.15) is 12.4 Å². The highest BCUT2D eigenvalue weighted by Gasteiger charge is 2.22. The fourth-order valence-corrected chi connectivity index (χ4v) is 2.72. The van der Waals surface area contributed by atoms with Crippen LogP contribution in [0.2, 0.25) is 0 Å². The molecule has 0 aliphatic carbocycles. The number of hydrogen-bond acceptors (Lipinski definition) is 3. The minimum atomic E-state index is 0. The average Bonchev–Trinajstić information content (AvgIpc) is 2.58. The molecule has 1 aromatic heterocycles. The van der Waals surface area contributed by atoms with Crippen molar-refractivity contribution in [3.8, 4) is 5.75 Å². The van der Waals surface area contributed by atoms with E-state index in [0.717, 1.165) is 16.3 Å². The van der Waals surface area contributed by atoms with E-state index in [-0.39, 0.29) is 18.2 Å². The quantitative estimate of drug-likeness (QED) is 0.626. The summed E-state index contributed by atoms with van der Waals surface area (Å²) in [6, 6.07) is 15.3. The van der Waals surface area contributed by atoms with Crippen LogP contribution in [0, 0.1) is 0 Å². The molecule has 0 saturated carbocycles. The minimum absolute atomic E-state index is 0. The van der Waals surface area contributed by atoms with Crippen LogP contribution in [0.1, 0.15) is 15.9 Å². The first-order valence-electron chi connectivity index (χ1n) is 7.13. The van der Waals surface area contributed by atoms with Crippen molar-refractivity contribution in [1.29, 1.82) is 0 Å². The van der Waals surface area contributed by atoms with Crippen LogP contribution >= 0.6 is 12.4 Å². The third-order valence-corrected chi connectivity index (χ3v) is 3.84. The van der Waals surface area contributed by atoms with Crippen molar-refractivity contribution in [1.82, 2.24) is 4.98 Å². The Bertz CT molecular complexity index is 913. The number of pyridine rings is 1. The molecule has 0 bridgehead atoms. The van der Waals surface area contributed by atoms with E-state index in [4.69, 9.17) is 4.74 Å². The van der Waals surface area contributed by atoms with Crippen LogP contribution in [-0.2, 0) is 0 Å². The zero-order valence-electron chi connectivity index (χ0n) is 12.2. The van der Waals surface area contributed by atoms with Gasteiger partial charge in [0, 0.05) is 28.9 Å². The molecular formula is C19H14ClNO2. The average molecular weight is 324 g/mol. The molecule has 2 aromatic carbocycles. The molecule has 0 spiro atoms. The third-order valence-electron chi connectivity index (χ3n) is 3.84. The number of fused-ring (bicyclic) bond motifs is 2. The molecule has 114 valence electrons. The largest absolute Gasteiger partial charge is 0.488 e. The molecule has 3 nitrogen and oxygen atoms in total. The van der Waals surface area contributed by atoms with E-state index in [9.17, 15) is 4.79 Å². The van der Waals surface area contributed by atoms with E-state index >= 15 is 0 Å². The summed E-state index contributed by atoms with van der Waals surface area (Å²) in [5, 5.41) is 2.14. The monoisotopic (exact) mass is 323 g/mol. The van der Waals surface area contributed by atoms with Crippen LogP contribution in [0.3, 0.4) is 0 Å². The van der Waals surface area contributed by atoms with Gasteiger partial charge in [0.25, 0.3) is 0 Å². The molecule has 0 amide bonds. The maximum absolute atomic E-state index is 12.6. The molecule has 2 heterocycles. The molecule has 0 saturated heterocycles. The van der Waals surface area contributed by atoms with Crippen molar-refractivity contribution in [3.05, 3.63) is 77.6 Å². The zero-order chi connectivity index (χ0) is 14.9. The number of hydrogen-bond donors (Lipinski definition) is 0. The lowest BCUT2D eigenvalue weighted by molar-refractivity contribution is 0.100. The molecule has 0 N–H and O–H groups in total. The van der Waals surface area contributed by atoms with Gasteiger partial charge in [-0.1, -0.05) is 36.4 Å². The SMILES string of the molecule is Cl.O=C1/C(=C\c2cncc3ccccc23)COc2ccccc21. The lowest BCUT2D eigenvalue weighted by atomic mass is 9.97. The van der Waals surface area contributed by atoms with Crippen LogP contribution < -0.4 is 4.74 Å².